The predicted octanol–water partition coefficient (Wildman–Crippen LogP) is 0.658. The topological polar surface area (TPSA) is 85.7 Å². The molecule has 0 saturated carbocycles. The normalized spacial score (nSPS) is 20.1. The van der Waals surface area contributed by atoms with E-state index in [-0.39, 0.29) is 5.41 Å². The van der Waals surface area contributed by atoms with Gasteiger partial charge in [0.25, 0.3) is 0 Å². The Labute approximate surface area is 93.2 Å². The summed E-state index contributed by atoms with van der Waals surface area (Å²) in [7, 11) is 0. The fourth-order valence-electron chi connectivity index (χ4n) is 1.94. The van der Waals surface area contributed by atoms with E-state index in [4.69, 9.17) is 20.0 Å². The minimum atomic E-state index is -0.991. The maximum Gasteiger partial charge on any atom is 0.320 e. The number of nitrogens with two attached hydrogens (primary N) is 1. The number of furan rings is 1. The van der Waals surface area contributed by atoms with Crippen molar-refractivity contribution in [2.24, 2.45) is 5.73 Å². The van der Waals surface area contributed by atoms with E-state index >= 15 is 0 Å². The number of hydrogen-bond acceptors (Lipinski definition) is 4. The Morgan fingerprint density at radius 1 is 1.62 bits per heavy atom. The van der Waals surface area contributed by atoms with Crippen molar-refractivity contribution in [2.45, 2.75) is 24.8 Å². The molecular weight excluding hydrogens is 210 g/mol. The molecule has 3 N–H and O–H groups in total. The molecule has 0 amide bonds. The molecule has 1 fully saturated rings. The maximum absolute atomic E-state index is 10.8. The monoisotopic (exact) mass is 225 g/mol. The number of ether oxygens (including phenoxy) is 1. The average molecular weight is 225 g/mol. The minimum absolute atomic E-state index is 0.343. The van der Waals surface area contributed by atoms with Gasteiger partial charge in [-0.3, -0.25) is 4.79 Å². The molecule has 1 aromatic heterocycles. The van der Waals surface area contributed by atoms with Crippen molar-refractivity contribution in [2.75, 3.05) is 13.2 Å². The van der Waals surface area contributed by atoms with E-state index in [2.05, 4.69) is 0 Å². The highest BCUT2D eigenvalue weighted by atomic mass is 16.5. The van der Waals surface area contributed by atoms with Crippen LogP contribution >= 0.6 is 0 Å². The summed E-state index contributed by atoms with van der Waals surface area (Å²) in [5.74, 6) is 0.590. The first-order valence-electron chi connectivity index (χ1n) is 5.16. The van der Waals surface area contributed by atoms with Crippen LogP contribution < -0.4 is 5.73 Å². The van der Waals surface area contributed by atoms with Gasteiger partial charge in [-0.1, -0.05) is 0 Å². The van der Waals surface area contributed by atoms with Crippen LogP contribution in [0.15, 0.2) is 16.5 Å². The highest BCUT2D eigenvalue weighted by Crippen LogP contribution is 2.37. The summed E-state index contributed by atoms with van der Waals surface area (Å²) in [6, 6.07) is 2.85. The molecule has 0 aromatic carbocycles. The zero-order valence-corrected chi connectivity index (χ0v) is 9.10. The third kappa shape index (κ3) is 1.83. The van der Waals surface area contributed by atoms with Crippen molar-refractivity contribution < 1.29 is 19.1 Å². The first-order valence-corrected chi connectivity index (χ1v) is 5.16. The molecule has 1 aliphatic heterocycles. The van der Waals surface area contributed by atoms with Crippen LogP contribution in [0, 0.1) is 6.92 Å². The molecule has 0 radical (unpaired) electrons. The third-order valence-electron chi connectivity index (χ3n) is 2.95. The van der Waals surface area contributed by atoms with Crippen LogP contribution in [-0.4, -0.2) is 30.3 Å². The van der Waals surface area contributed by atoms with Crippen LogP contribution in [0.3, 0.4) is 0 Å². The lowest BCUT2D eigenvalue weighted by atomic mass is 9.77. The second kappa shape index (κ2) is 3.92. The summed E-state index contributed by atoms with van der Waals surface area (Å²) >= 11 is 0. The number of carbonyl (C=O) groups is 1. The Balaban J connectivity index is 2.17. The minimum Gasteiger partial charge on any atom is -0.480 e. The van der Waals surface area contributed by atoms with Crippen LogP contribution in [-0.2, 0) is 14.9 Å². The lowest BCUT2D eigenvalue weighted by Gasteiger charge is -2.40. The number of aliphatic carboxylic acids is 1. The number of carboxylic acids is 1. The SMILES string of the molecule is Cc1ccc(C2(CC(N)C(=O)O)COC2)o1. The first-order chi connectivity index (χ1) is 7.53. The van der Waals surface area contributed by atoms with E-state index in [1.165, 1.54) is 0 Å². The summed E-state index contributed by atoms with van der Waals surface area (Å²) in [6.07, 6.45) is 0.343. The van der Waals surface area contributed by atoms with Gasteiger partial charge in [0.1, 0.15) is 17.6 Å². The molecule has 1 aliphatic rings. The summed E-state index contributed by atoms with van der Waals surface area (Å²) in [6.45, 7) is 2.80. The van der Waals surface area contributed by atoms with E-state index in [1.807, 2.05) is 19.1 Å². The highest BCUT2D eigenvalue weighted by molar-refractivity contribution is 5.73. The number of carboxylic acid groups (broad SMARTS) is 1. The van der Waals surface area contributed by atoms with Gasteiger partial charge >= 0.3 is 5.97 Å². The molecule has 5 heteroatoms. The molecule has 16 heavy (non-hydrogen) atoms. The van der Waals surface area contributed by atoms with E-state index in [0.29, 0.717) is 19.6 Å². The fourth-order valence-corrected chi connectivity index (χ4v) is 1.94. The van der Waals surface area contributed by atoms with Gasteiger partial charge in [0, 0.05) is 0 Å². The van der Waals surface area contributed by atoms with Crippen LogP contribution in [0.5, 0.6) is 0 Å². The molecule has 1 unspecified atom stereocenters. The van der Waals surface area contributed by atoms with E-state index < -0.39 is 12.0 Å². The standard InChI is InChI=1S/C11H15NO4/c1-7-2-3-9(16-7)11(5-15-6-11)4-8(12)10(13)14/h2-3,8H,4-6,12H2,1H3,(H,13,14). The zero-order valence-electron chi connectivity index (χ0n) is 9.10. The smallest absolute Gasteiger partial charge is 0.320 e. The number of aryl methyl sites for hydroxylation is 1. The number of rotatable bonds is 4. The Kier molecular flexibility index (Phi) is 2.73. The van der Waals surface area contributed by atoms with E-state index in [9.17, 15) is 4.79 Å². The molecule has 1 aromatic rings. The van der Waals surface area contributed by atoms with Crippen LogP contribution in [0.4, 0.5) is 0 Å². The largest absolute Gasteiger partial charge is 0.480 e. The second-order valence-corrected chi connectivity index (χ2v) is 4.33. The molecule has 1 atom stereocenters. The lowest BCUT2D eigenvalue weighted by Crippen LogP contribution is -2.51. The third-order valence-corrected chi connectivity index (χ3v) is 2.95. The summed E-state index contributed by atoms with van der Waals surface area (Å²) in [5, 5.41) is 8.82. The zero-order chi connectivity index (χ0) is 11.8. The molecule has 5 nitrogen and oxygen atoms in total. The highest BCUT2D eigenvalue weighted by Gasteiger charge is 2.45. The van der Waals surface area contributed by atoms with E-state index in [1.54, 1.807) is 0 Å². The summed E-state index contributed by atoms with van der Waals surface area (Å²) < 4.78 is 10.7. The number of hydrogen-bond donors (Lipinski definition) is 2. The van der Waals surface area contributed by atoms with E-state index in [0.717, 1.165) is 11.5 Å². The van der Waals surface area contributed by atoms with Crippen LogP contribution in [0.1, 0.15) is 17.9 Å². The van der Waals surface area contributed by atoms with Crippen LogP contribution in [0.25, 0.3) is 0 Å². The van der Waals surface area contributed by atoms with Crippen molar-refractivity contribution in [3.63, 3.8) is 0 Å². The van der Waals surface area contributed by atoms with Gasteiger partial charge in [-0.25, -0.2) is 0 Å². The van der Waals surface area contributed by atoms with Crippen molar-refractivity contribution >= 4 is 5.97 Å². The first kappa shape index (κ1) is 11.2. The Bertz CT molecular complexity index is 394. The van der Waals surface area contributed by atoms with Gasteiger partial charge < -0.3 is 20.0 Å². The lowest BCUT2D eigenvalue weighted by molar-refractivity contribution is -0.141. The maximum atomic E-state index is 10.8. The quantitative estimate of drug-likeness (QED) is 0.786. The average Bonchev–Trinajstić information content (AvgIpc) is 2.58. The molecular formula is C11H15NO4. The second-order valence-electron chi connectivity index (χ2n) is 4.33. The molecule has 88 valence electrons. The molecule has 2 rings (SSSR count). The summed E-state index contributed by atoms with van der Waals surface area (Å²) in [4.78, 5) is 10.8. The van der Waals surface area contributed by atoms with Crippen molar-refractivity contribution in [1.29, 1.82) is 0 Å². The van der Waals surface area contributed by atoms with Gasteiger partial charge in [-0.15, -0.1) is 0 Å². The van der Waals surface area contributed by atoms with Gasteiger partial charge in [0.15, 0.2) is 0 Å². The van der Waals surface area contributed by atoms with Crippen molar-refractivity contribution in [3.05, 3.63) is 23.7 Å². The van der Waals surface area contributed by atoms with Crippen LogP contribution in [0.2, 0.25) is 0 Å². The van der Waals surface area contributed by atoms with Crippen molar-refractivity contribution in [1.82, 2.24) is 0 Å². The molecule has 0 bridgehead atoms. The van der Waals surface area contributed by atoms with Gasteiger partial charge in [0.2, 0.25) is 0 Å². The fraction of sp³-hybridized carbons (Fsp3) is 0.545. The Morgan fingerprint density at radius 2 is 2.31 bits per heavy atom. The Hall–Kier alpha value is -1.33. The molecule has 1 saturated heterocycles. The molecule has 0 spiro atoms. The van der Waals surface area contributed by atoms with Gasteiger partial charge in [-0.2, -0.15) is 0 Å². The van der Waals surface area contributed by atoms with Gasteiger partial charge in [-0.05, 0) is 25.5 Å². The summed E-state index contributed by atoms with van der Waals surface area (Å²) in [5.41, 5.74) is 5.20. The van der Waals surface area contributed by atoms with Gasteiger partial charge in [0.05, 0.1) is 18.6 Å². The molecule has 2 heterocycles. The molecule has 0 aliphatic carbocycles. The van der Waals surface area contributed by atoms with Crippen molar-refractivity contribution in [3.8, 4) is 0 Å². The Morgan fingerprint density at radius 3 is 2.69 bits per heavy atom. The predicted molar refractivity (Wildman–Crippen MR) is 56.2 cm³/mol.